The molecular formula is C30H29N3O5. The van der Waals surface area contributed by atoms with Gasteiger partial charge in [-0.3, -0.25) is 9.79 Å². The minimum absolute atomic E-state index is 0.157. The van der Waals surface area contributed by atoms with Crippen molar-refractivity contribution in [1.82, 2.24) is 10.2 Å². The lowest BCUT2D eigenvalue weighted by atomic mass is 10.1. The highest BCUT2D eigenvalue weighted by Crippen LogP contribution is 2.22. The Morgan fingerprint density at radius 3 is 2.45 bits per heavy atom. The van der Waals surface area contributed by atoms with E-state index in [4.69, 9.17) is 19.6 Å². The van der Waals surface area contributed by atoms with E-state index < -0.39 is 5.97 Å². The van der Waals surface area contributed by atoms with Gasteiger partial charge in [-0.05, 0) is 67.1 Å². The van der Waals surface area contributed by atoms with Crippen LogP contribution in [0.1, 0.15) is 27.1 Å². The molecule has 3 aromatic carbocycles. The number of rotatable bonds is 8. The predicted molar refractivity (Wildman–Crippen MR) is 144 cm³/mol. The molecule has 1 amide bonds. The third-order valence-corrected chi connectivity index (χ3v) is 6.52. The molecule has 8 nitrogen and oxygen atoms in total. The van der Waals surface area contributed by atoms with Gasteiger partial charge in [-0.25, -0.2) is 4.79 Å². The first-order valence-corrected chi connectivity index (χ1v) is 12.6. The summed E-state index contributed by atoms with van der Waals surface area (Å²) in [6.07, 6.45) is 4.91. The number of carboxylic acid groups (broad SMARTS) is 1. The molecule has 2 atom stereocenters. The van der Waals surface area contributed by atoms with Crippen molar-refractivity contribution in [2.24, 2.45) is 10.9 Å². The van der Waals surface area contributed by atoms with Crippen LogP contribution in [0, 0.1) is 5.92 Å². The van der Waals surface area contributed by atoms with Crippen LogP contribution in [0.5, 0.6) is 17.2 Å². The van der Waals surface area contributed by atoms with Gasteiger partial charge in [-0.15, -0.1) is 0 Å². The second-order valence-corrected chi connectivity index (χ2v) is 9.32. The van der Waals surface area contributed by atoms with Crippen LogP contribution in [0.15, 0.2) is 96.0 Å². The maximum absolute atomic E-state index is 12.7. The molecule has 2 aliphatic rings. The Labute approximate surface area is 221 Å². The van der Waals surface area contributed by atoms with Crippen LogP contribution in [0.25, 0.3) is 0 Å². The van der Waals surface area contributed by atoms with Gasteiger partial charge in [0, 0.05) is 24.6 Å². The number of amides is 1. The maximum atomic E-state index is 12.7. The zero-order valence-electron chi connectivity index (χ0n) is 20.8. The minimum atomic E-state index is -0.967. The van der Waals surface area contributed by atoms with Crippen LogP contribution < -0.4 is 14.8 Å². The molecule has 8 heteroatoms. The molecule has 1 fully saturated rings. The number of ether oxygens (including phenoxy) is 2. The lowest BCUT2D eigenvalue weighted by Gasteiger charge is -2.24. The summed E-state index contributed by atoms with van der Waals surface area (Å²) in [5.74, 6) is 2.09. The van der Waals surface area contributed by atoms with Crippen molar-refractivity contribution in [3.8, 4) is 17.2 Å². The summed E-state index contributed by atoms with van der Waals surface area (Å²) in [5.41, 5.74) is 0.776. The predicted octanol–water partition coefficient (Wildman–Crippen LogP) is 4.64. The van der Waals surface area contributed by atoms with Gasteiger partial charge >= 0.3 is 5.97 Å². The van der Waals surface area contributed by atoms with Crippen molar-refractivity contribution >= 4 is 17.7 Å². The second-order valence-electron chi connectivity index (χ2n) is 9.32. The van der Waals surface area contributed by atoms with Crippen molar-refractivity contribution in [3.63, 3.8) is 0 Å². The molecule has 2 N–H and O–H groups in total. The number of para-hydroxylation sites is 1. The summed E-state index contributed by atoms with van der Waals surface area (Å²) >= 11 is 0. The normalized spacial score (nSPS) is 18.5. The van der Waals surface area contributed by atoms with Gasteiger partial charge in [-0.1, -0.05) is 30.3 Å². The van der Waals surface area contributed by atoms with Crippen molar-refractivity contribution in [1.29, 1.82) is 0 Å². The number of hydrogen-bond donors (Lipinski definition) is 2. The van der Waals surface area contributed by atoms with Crippen molar-refractivity contribution in [2.75, 3.05) is 26.2 Å². The number of carbonyl (C=O) groups excluding carboxylic acids is 1. The molecule has 1 saturated heterocycles. The van der Waals surface area contributed by atoms with Crippen molar-refractivity contribution in [2.45, 2.75) is 12.5 Å². The Balaban J connectivity index is 1.07. The number of carboxylic acids is 1. The van der Waals surface area contributed by atoms with E-state index in [1.54, 1.807) is 48.5 Å². The smallest absolute Gasteiger partial charge is 0.335 e. The van der Waals surface area contributed by atoms with Gasteiger partial charge in [-0.2, -0.15) is 0 Å². The summed E-state index contributed by atoms with van der Waals surface area (Å²) < 4.78 is 11.6. The lowest BCUT2D eigenvalue weighted by Crippen LogP contribution is -2.39. The monoisotopic (exact) mass is 511 g/mol. The fraction of sp³-hybridized carbons (Fsp3) is 0.233. The summed E-state index contributed by atoms with van der Waals surface area (Å²) in [6, 6.07) is 22.9. The zero-order chi connectivity index (χ0) is 26.3. The zero-order valence-corrected chi connectivity index (χ0v) is 20.8. The van der Waals surface area contributed by atoms with E-state index in [2.05, 4.69) is 10.2 Å². The van der Waals surface area contributed by atoms with Crippen LogP contribution >= 0.6 is 0 Å². The SMILES string of the molecule is O=C(O)c1cccc(OCC2CCN(C3=NCC(NC(=O)c4ccc(Oc5ccccc5)cc4)C=C3)C2)c1. The number of nitrogens with one attached hydrogen (secondary N) is 1. The number of carbonyl (C=O) groups is 2. The van der Waals surface area contributed by atoms with Gasteiger partial charge in [0.05, 0.1) is 24.8 Å². The Hall–Kier alpha value is -4.59. The highest BCUT2D eigenvalue weighted by Gasteiger charge is 2.26. The maximum Gasteiger partial charge on any atom is 0.335 e. The molecule has 0 aliphatic carbocycles. The van der Waals surface area contributed by atoms with E-state index in [1.165, 1.54) is 0 Å². The largest absolute Gasteiger partial charge is 0.493 e. The van der Waals surface area contributed by atoms with Crippen LogP contribution in [0.4, 0.5) is 0 Å². The third kappa shape index (κ3) is 6.39. The van der Waals surface area contributed by atoms with E-state index in [0.29, 0.717) is 36.1 Å². The van der Waals surface area contributed by atoms with Gasteiger partial charge < -0.3 is 24.8 Å². The quantitative estimate of drug-likeness (QED) is 0.457. The molecule has 3 aromatic rings. The number of nitrogens with zero attached hydrogens (tertiary/aromatic N) is 2. The van der Waals surface area contributed by atoms with E-state index >= 15 is 0 Å². The average Bonchev–Trinajstić information content (AvgIpc) is 3.42. The van der Waals surface area contributed by atoms with Crippen molar-refractivity contribution in [3.05, 3.63) is 102 Å². The molecule has 0 aromatic heterocycles. The first-order chi connectivity index (χ1) is 18.5. The fourth-order valence-electron chi connectivity index (χ4n) is 4.47. The van der Waals surface area contributed by atoms with Gasteiger partial charge in [0.15, 0.2) is 0 Å². The first kappa shape index (κ1) is 25.1. The van der Waals surface area contributed by atoms with Crippen LogP contribution in [-0.2, 0) is 0 Å². The average molecular weight is 512 g/mol. The van der Waals surface area contributed by atoms with Crippen molar-refractivity contribution < 1.29 is 24.2 Å². The third-order valence-electron chi connectivity index (χ3n) is 6.52. The van der Waals surface area contributed by atoms with Gasteiger partial charge in [0.2, 0.25) is 0 Å². The Kier molecular flexibility index (Phi) is 7.68. The number of dihydropyridines is 1. The molecule has 5 rings (SSSR count). The number of hydrogen-bond acceptors (Lipinski definition) is 6. The Bertz CT molecular complexity index is 1340. The number of aliphatic imine (C=N–C) groups is 1. The highest BCUT2D eigenvalue weighted by atomic mass is 16.5. The molecule has 0 bridgehead atoms. The molecule has 0 saturated carbocycles. The molecular weight excluding hydrogens is 482 g/mol. The molecule has 194 valence electrons. The fourth-order valence-corrected chi connectivity index (χ4v) is 4.47. The summed E-state index contributed by atoms with van der Waals surface area (Å²) in [5, 5.41) is 12.2. The Morgan fingerprint density at radius 2 is 1.71 bits per heavy atom. The van der Waals surface area contributed by atoms with Crippen LogP contribution in [-0.4, -0.2) is 60.0 Å². The lowest BCUT2D eigenvalue weighted by molar-refractivity contribution is 0.0696. The number of amidine groups is 1. The highest BCUT2D eigenvalue weighted by molar-refractivity contribution is 5.96. The summed E-state index contributed by atoms with van der Waals surface area (Å²) in [7, 11) is 0. The molecule has 2 aliphatic heterocycles. The number of likely N-dealkylation sites (tertiary alicyclic amines) is 1. The van der Waals surface area contributed by atoms with E-state index in [9.17, 15) is 9.59 Å². The topological polar surface area (TPSA) is 100 Å². The van der Waals surface area contributed by atoms with E-state index in [1.807, 2.05) is 42.5 Å². The molecule has 38 heavy (non-hydrogen) atoms. The van der Waals surface area contributed by atoms with Crippen LogP contribution in [0.2, 0.25) is 0 Å². The molecule has 2 unspecified atom stereocenters. The van der Waals surface area contributed by atoms with Gasteiger partial charge in [0.1, 0.15) is 23.1 Å². The number of aromatic carboxylic acids is 1. The molecule has 0 radical (unpaired) electrons. The minimum Gasteiger partial charge on any atom is -0.493 e. The summed E-state index contributed by atoms with van der Waals surface area (Å²) in [4.78, 5) is 30.8. The number of benzene rings is 3. The van der Waals surface area contributed by atoms with E-state index in [-0.39, 0.29) is 17.5 Å². The van der Waals surface area contributed by atoms with Gasteiger partial charge in [0.25, 0.3) is 5.91 Å². The van der Waals surface area contributed by atoms with Crippen LogP contribution in [0.3, 0.4) is 0 Å². The standard InChI is InChI=1S/C30H29N3O5/c34-29(22-9-12-26(13-10-22)38-25-6-2-1-3-7-25)32-24-11-14-28(31-18-24)33-16-15-21(19-33)20-37-27-8-4-5-23(17-27)30(35)36/h1-14,17,21,24H,15-16,18-20H2,(H,32,34)(H,35,36). The summed E-state index contributed by atoms with van der Waals surface area (Å²) in [6.45, 7) is 2.69. The molecule has 0 spiro atoms. The van der Waals surface area contributed by atoms with E-state index in [0.717, 1.165) is 31.1 Å². The first-order valence-electron chi connectivity index (χ1n) is 12.6. The Morgan fingerprint density at radius 1 is 0.947 bits per heavy atom. The molecule has 2 heterocycles. The second kappa shape index (κ2) is 11.6.